The minimum absolute atomic E-state index is 0.0182. The average Bonchev–Trinajstić information content (AvgIpc) is 2.81. The third-order valence-corrected chi connectivity index (χ3v) is 5.80. The van der Waals surface area contributed by atoms with Gasteiger partial charge in [-0.1, -0.05) is 6.07 Å². The molecule has 2 N–H and O–H groups in total. The highest BCUT2D eigenvalue weighted by Gasteiger charge is 2.32. The van der Waals surface area contributed by atoms with E-state index >= 15 is 0 Å². The van der Waals surface area contributed by atoms with Crippen molar-refractivity contribution in [1.29, 1.82) is 5.26 Å². The Morgan fingerprint density at radius 2 is 1.82 bits per heavy atom. The zero-order valence-electron chi connectivity index (χ0n) is 18.1. The van der Waals surface area contributed by atoms with Crippen LogP contribution in [0, 0.1) is 17.1 Å². The van der Waals surface area contributed by atoms with Crippen LogP contribution in [-0.2, 0) is 13.2 Å². The smallest absolute Gasteiger partial charge is 0.352 e. The van der Waals surface area contributed by atoms with Crippen molar-refractivity contribution < 1.29 is 17.6 Å². The van der Waals surface area contributed by atoms with E-state index in [-0.39, 0.29) is 39.9 Å². The first-order chi connectivity index (χ1) is 16.1. The number of piperidine rings is 1. The number of anilines is 1. The van der Waals surface area contributed by atoms with Crippen molar-refractivity contribution in [3.8, 4) is 28.6 Å². The lowest BCUT2D eigenvalue weighted by Gasteiger charge is -2.31. The van der Waals surface area contributed by atoms with E-state index in [0.29, 0.717) is 25.9 Å². The van der Waals surface area contributed by atoms with Gasteiger partial charge in [0.15, 0.2) is 5.82 Å². The van der Waals surface area contributed by atoms with Crippen LogP contribution in [0.4, 0.5) is 23.4 Å². The Balaban J connectivity index is 1.93. The van der Waals surface area contributed by atoms with Gasteiger partial charge in [0.1, 0.15) is 17.6 Å². The van der Waals surface area contributed by atoms with Gasteiger partial charge in [-0.05, 0) is 37.1 Å². The molecule has 3 aromatic rings. The Kier molecular flexibility index (Phi) is 6.10. The van der Waals surface area contributed by atoms with Gasteiger partial charge >= 0.3 is 6.18 Å². The molecular formula is C23H20F4N6O. The highest BCUT2D eigenvalue weighted by Crippen LogP contribution is 2.34. The molecule has 1 fully saturated rings. The summed E-state index contributed by atoms with van der Waals surface area (Å²) in [5.41, 5.74) is 5.07. The Morgan fingerprint density at radius 1 is 1.15 bits per heavy atom. The lowest BCUT2D eigenvalue weighted by Crippen LogP contribution is -2.43. The van der Waals surface area contributed by atoms with Crippen LogP contribution in [0.2, 0.25) is 0 Å². The van der Waals surface area contributed by atoms with Crippen molar-refractivity contribution in [2.24, 2.45) is 12.8 Å². The molecule has 0 atom stereocenters. The molecule has 1 aliphatic heterocycles. The molecule has 7 nitrogen and oxygen atoms in total. The molecule has 4 rings (SSSR count). The highest BCUT2D eigenvalue weighted by molar-refractivity contribution is 5.79. The maximum atomic E-state index is 14.5. The molecule has 0 bridgehead atoms. The summed E-state index contributed by atoms with van der Waals surface area (Å²) in [5.74, 6) is -0.643. The van der Waals surface area contributed by atoms with Gasteiger partial charge in [-0.25, -0.2) is 9.37 Å². The number of nitriles is 1. The van der Waals surface area contributed by atoms with Gasteiger partial charge < -0.3 is 15.2 Å². The van der Waals surface area contributed by atoms with Crippen molar-refractivity contribution in [2.75, 3.05) is 18.0 Å². The van der Waals surface area contributed by atoms with E-state index in [4.69, 9.17) is 11.0 Å². The minimum atomic E-state index is -4.62. The number of halogens is 4. The van der Waals surface area contributed by atoms with Crippen LogP contribution in [-0.4, -0.2) is 33.7 Å². The standard InChI is InChI=1S/C23H20F4N6O/c1-32-20(15-4-5-18(30-12-15)23(25,26)27)19(13-2-3-14(11-28)17(24)10-13)31-21(22(32)34)33-8-6-16(29)7-9-33/h2-5,10,12,16H,6-9,29H2,1H3. The van der Waals surface area contributed by atoms with Crippen LogP contribution in [0.15, 0.2) is 41.3 Å². The number of nitrogens with two attached hydrogens (primary N) is 1. The van der Waals surface area contributed by atoms with Crippen molar-refractivity contribution in [2.45, 2.75) is 25.1 Å². The van der Waals surface area contributed by atoms with Crippen molar-refractivity contribution in [3.63, 3.8) is 0 Å². The summed E-state index contributed by atoms with van der Waals surface area (Å²) < 4.78 is 54.7. The highest BCUT2D eigenvalue weighted by atomic mass is 19.4. The number of pyridine rings is 1. The summed E-state index contributed by atoms with van der Waals surface area (Å²) in [6.45, 7) is 1.01. The monoisotopic (exact) mass is 472 g/mol. The molecule has 0 radical (unpaired) electrons. The third kappa shape index (κ3) is 4.36. The topological polar surface area (TPSA) is 101 Å². The molecule has 3 heterocycles. The van der Waals surface area contributed by atoms with E-state index < -0.39 is 23.2 Å². The fraction of sp³-hybridized carbons (Fsp3) is 0.304. The van der Waals surface area contributed by atoms with Gasteiger partial charge in [-0.3, -0.25) is 9.78 Å². The van der Waals surface area contributed by atoms with Crippen LogP contribution in [0.5, 0.6) is 0 Å². The lowest BCUT2D eigenvalue weighted by atomic mass is 10.0. The van der Waals surface area contributed by atoms with Gasteiger partial charge in [0.25, 0.3) is 5.56 Å². The summed E-state index contributed by atoms with van der Waals surface area (Å²) >= 11 is 0. The molecule has 2 aromatic heterocycles. The van der Waals surface area contributed by atoms with Crippen molar-refractivity contribution >= 4 is 5.82 Å². The van der Waals surface area contributed by atoms with Crippen molar-refractivity contribution in [3.05, 3.63) is 64.0 Å². The predicted octanol–water partition coefficient (Wildman–Crippen LogP) is 3.47. The van der Waals surface area contributed by atoms with E-state index in [2.05, 4.69) is 9.97 Å². The number of rotatable bonds is 3. The SMILES string of the molecule is Cn1c(-c2ccc(C(F)(F)F)nc2)c(-c2ccc(C#N)c(F)c2)nc(N2CCC(N)CC2)c1=O. The zero-order valence-corrected chi connectivity index (χ0v) is 18.1. The number of hydrogen-bond acceptors (Lipinski definition) is 6. The molecule has 176 valence electrons. The van der Waals surface area contributed by atoms with E-state index in [9.17, 15) is 22.4 Å². The van der Waals surface area contributed by atoms with Gasteiger partial charge in [-0.2, -0.15) is 18.4 Å². The second kappa shape index (κ2) is 8.87. The molecule has 34 heavy (non-hydrogen) atoms. The van der Waals surface area contributed by atoms with E-state index in [1.54, 1.807) is 11.0 Å². The predicted molar refractivity (Wildman–Crippen MR) is 117 cm³/mol. The maximum Gasteiger partial charge on any atom is 0.433 e. The maximum absolute atomic E-state index is 14.5. The van der Waals surface area contributed by atoms with Gasteiger partial charge in [0.2, 0.25) is 0 Å². The molecule has 0 spiro atoms. The largest absolute Gasteiger partial charge is 0.433 e. The number of hydrogen-bond donors (Lipinski definition) is 1. The fourth-order valence-corrected chi connectivity index (χ4v) is 3.92. The average molecular weight is 472 g/mol. The number of benzene rings is 1. The van der Waals surface area contributed by atoms with Crippen LogP contribution >= 0.6 is 0 Å². The van der Waals surface area contributed by atoms with Crippen LogP contribution in [0.1, 0.15) is 24.1 Å². The second-order valence-corrected chi connectivity index (χ2v) is 8.06. The molecular weight excluding hydrogens is 452 g/mol. The van der Waals surface area contributed by atoms with Crippen molar-refractivity contribution in [1.82, 2.24) is 14.5 Å². The summed E-state index contributed by atoms with van der Waals surface area (Å²) in [6, 6.07) is 7.63. The molecule has 0 saturated carbocycles. The Morgan fingerprint density at radius 3 is 2.38 bits per heavy atom. The van der Waals surface area contributed by atoms with Gasteiger partial charge in [0.05, 0.1) is 17.0 Å². The fourth-order valence-electron chi connectivity index (χ4n) is 3.92. The van der Waals surface area contributed by atoms with Gasteiger partial charge in [0, 0.05) is 43.5 Å². The van der Waals surface area contributed by atoms with E-state index in [1.165, 1.54) is 29.8 Å². The Hall–Kier alpha value is -3.78. The summed E-state index contributed by atoms with van der Waals surface area (Å²) in [5, 5.41) is 9.05. The van der Waals surface area contributed by atoms with E-state index in [0.717, 1.165) is 18.3 Å². The van der Waals surface area contributed by atoms with Gasteiger partial charge in [-0.15, -0.1) is 0 Å². The summed E-state index contributed by atoms with van der Waals surface area (Å²) in [4.78, 5) is 23.1. The first-order valence-electron chi connectivity index (χ1n) is 10.5. The van der Waals surface area contributed by atoms with Crippen LogP contribution < -0.4 is 16.2 Å². The molecule has 11 heteroatoms. The zero-order chi connectivity index (χ0) is 24.6. The number of alkyl halides is 3. The quantitative estimate of drug-likeness (QED) is 0.586. The van der Waals surface area contributed by atoms with E-state index in [1.807, 2.05) is 0 Å². The first-order valence-corrected chi connectivity index (χ1v) is 10.5. The Labute approximate surface area is 192 Å². The van der Waals surface area contributed by atoms with Crippen LogP contribution in [0.25, 0.3) is 22.5 Å². The molecule has 0 aliphatic carbocycles. The summed E-state index contributed by atoms with van der Waals surface area (Å²) in [6.07, 6.45) is -2.30. The Bertz CT molecular complexity index is 1320. The molecule has 1 saturated heterocycles. The third-order valence-electron chi connectivity index (χ3n) is 5.80. The lowest BCUT2D eigenvalue weighted by molar-refractivity contribution is -0.141. The van der Waals surface area contributed by atoms with Crippen LogP contribution in [0.3, 0.4) is 0 Å². The number of nitrogens with zero attached hydrogens (tertiary/aromatic N) is 5. The molecule has 1 aromatic carbocycles. The number of aromatic nitrogens is 3. The second-order valence-electron chi connectivity index (χ2n) is 8.06. The molecule has 1 aliphatic rings. The minimum Gasteiger partial charge on any atom is -0.352 e. The summed E-state index contributed by atoms with van der Waals surface area (Å²) in [7, 11) is 1.47. The molecule has 0 amide bonds. The first kappa shape index (κ1) is 23.4. The molecule has 0 unspecified atom stereocenters. The normalized spacial score (nSPS) is 14.8.